The van der Waals surface area contributed by atoms with Crippen molar-refractivity contribution in [2.75, 3.05) is 39.8 Å². The van der Waals surface area contributed by atoms with Crippen LogP contribution in [0, 0.1) is 0 Å². The van der Waals surface area contributed by atoms with Crippen molar-refractivity contribution >= 4 is 5.91 Å². The van der Waals surface area contributed by atoms with Gasteiger partial charge in [0.2, 0.25) is 0 Å². The fourth-order valence-electron chi connectivity index (χ4n) is 3.21. The molecule has 1 aliphatic rings. The normalized spacial score (nSPS) is 17.2. The predicted molar refractivity (Wildman–Crippen MR) is 99.6 cm³/mol. The van der Waals surface area contributed by atoms with Crippen LogP contribution in [0.2, 0.25) is 0 Å². The van der Waals surface area contributed by atoms with Crippen LogP contribution in [-0.4, -0.2) is 66.5 Å². The number of aromatic nitrogens is 1. The molecule has 0 spiro atoms. The molecule has 2 aromatic rings. The molecule has 0 bridgehead atoms. The molecule has 0 radical (unpaired) electrons. The molecule has 1 N–H and O–H groups in total. The number of nitrogens with zero attached hydrogens (tertiary/aromatic N) is 3. The fraction of sp³-hybridized carbons (Fsp3) is 0.400. The quantitative estimate of drug-likeness (QED) is 0.870. The minimum atomic E-state index is -0.0553. The number of likely N-dealkylation sites (N-methyl/N-ethyl adjacent to an activating group) is 1. The number of hydrogen-bond acceptors (Lipinski definition) is 4. The van der Waals surface area contributed by atoms with Crippen LogP contribution in [0.4, 0.5) is 0 Å². The number of amides is 1. The first kappa shape index (κ1) is 17.6. The Labute approximate surface area is 149 Å². The number of hydrogen-bond donors (Lipinski definition) is 1. The van der Waals surface area contributed by atoms with Gasteiger partial charge < -0.3 is 10.2 Å². The van der Waals surface area contributed by atoms with Crippen molar-refractivity contribution in [3.8, 4) is 0 Å². The number of rotatable bonds is 6. The molecule has 1 saturated heterocycles. The monoisotopic (exact) mass is 338 g/mol. The molecule has 0 saturated carbocycles. The molecule has 3 rings (SSSR count). The minimum Gasteiger partial charge on any atom is -0.350 e. The van der Waals surface area contributed by atoms with Gasteiger partial charge in [-0.15, -0.1) is 0 Å². The summed E-state index contributed by atoms with van der Waals surface area (Å²) in [6.45, 7) is 4.86. The van der Waals surface area contributed by atoms with E-state index < -0.39 is 0 Å². The molecule has 132 valence electrons. The number of piperazine rings is 1. The Kier molecular flexibility index (Phi) is 6.14. The van der Waals surface area contributed by atoms with Crippen LogP contribution in [-0.2, 0) is 6.42 Å². The molecular weight excluding hydrogens is 312 g/mol. The van der Waals surface area contributed by atoms with Crippen LogP contribution in [0.5, 0.6) is 0 Å². The second-order valence-electron chi connectivity index (χ2n) is 6.63. The zero-order chi connectivity index (χ0) is 17.5. The lowest BCUT2D eigenvalue weighted by molar-refractivity contribution is 0.0885. The van der Waals surface area contributed by atoms with Gasteiger partial charge in [-0.1, -0.05) is 30.3 Å². The van der Waals surface area contributed by atoms with Crippen molar-refractivity contribution in [3.63, 3.8) is 0 Å². The summed E-state index contributed by atoms with van der Waals surface area (Å²) in [5, 5.41) is 3.09. The Balaban J connectivity index is 1.64. The second kappa shape index (κ2) is 8.74. The standard InChI is InChI=1S/C20H26N4O/c1-23-10-12-24(13-11-23)19(14-17-6-3-2-4-7-17)16-22-20(25)18-8-5-9-21-15-18/h2-9,15,19H,10-14,16H2,1H3,(H,22,25). The largest absolute Gasteiger partial charge is 0.350 e. The zero-order valence-electron chi connectivity index (χ0n) is 14.8. The lowest BCUT2D eigenvalue weighted by Gasteiger charge is -2.38. The van der Waals surface area contributed by atoms with Gasteiger partial charge in [0.15, 0.2) is 0 Å². The summed E-state index contributed by atoms with van der Waals surface area (Å²) in [7, 11) is 2.16. The first-order valence-corrected chi connectivity index (χ1v) is 8.87. The molecule has 5 nitrogen and oxygen atoms in total. The van der Waals surface area contributed by atoms with Crippen LogP contribution in [0.3, 0.4) is 0 Å². The molecule has 25 heavy (non-hydrogen) atoms. The summed E-state index contributed by atoms with van der Waals surface area (Å²) in [6.07, 6.45) is 4.23. The smallest absolute Gasteiger partial charge is 0.252 e. The van der Waals surface area contributed by atoms with Gasteiger partial charge in [0.25, 0.3) is 5.91 Å². The summed E-state index contributed by atoms with van der Waals surface area (Å²) in [5.74, 6) is -0.0553. The Hall–Kier alpha value is -2.24. The highest BCUT2D eigenvalue weighted by Crippen LogP contribution is 2.12. The summed E-state index contributed by atoms with van der Waals surface area (Å²) in [4.78, 5) is 21.2. The SMILES string of the molecule is CN1CCN(C(CNC(=O)c2cccnc2)Cc2ccccc2)CC1. The average Bonchev–Trinajstić information content (AvgIpc) is 2.67. The van der Waals surface area contributed by atoms with E-state index in [0.29, 0.717) is 18.2 Å². The third kappa shape index (κ3) is 5.11. The Morgan fingerprint density at radius 3 is 2.56 bits per heavy atom. The topological polar surface area (TPSA) is 48.5 Å². The van der Waals surface area contributed by atoms with Crippen molar-refractivity contribution in [1.29, 1.82) is 0 Å². The van der Waals surface area contributed by atoms with Crippen molar-refractivity contribution < 1.29 is 4.79 Å². The third-order valence-electron chi connectivity index (χ3n) is 4.79. The van der Waals surface area contributed by atoms with Crippen LogP contribution >= 0.6 is 0 Å². The van der Waals surface area contributed by atoms with Gasteiger partial charge in [-0.25, -0.2) is 0 Å². The van der Waals surface area contributed by atoms with Crippen LogP contribution < -0.4 is 5.32 Å². The molecule has 0 aliphatic carbocycles. The van der Waals surface area contributed by atoms with Gasteiger partial charge in [0.05, 0.1) is 5.56 Å². The maximum Gasteiger partial charge on any atom is 0.252 e. The molecule has 1 amide bonds. The summed E-state index contributed by atoms with van der Waals surface area (Å²) in [5.41, 5.74) is 1.92. The van der Waals surface area contributed by atoms with Gasteiger partial charge in [-0.05, 0) is 31.2 Å². The number of carbonyl (C=O) groups is 1. The lowest BCUT2D eigenvalue weighted by Crippen LogP contribution is -2.53. The third-order valence-corrected chi connectivity index (χ3v) is 4.79. The van der Waals surface area contributed by atoms with Gasteiger partial charge in [-0.2, -0.15) is 0 Å². The first-order valence-electron chi connectivity index (χ1n) is 8.87. The Morgan fingerprint density at radius 1 is 1.12 bits per heavy atom. The van der Waals surface area contributed by atoms with E-state index in [1.165, 1.54) is 5.56 Å². The fourth-order valence-corrected chi connectivity index (χ4v) is 3.21. The maximum atomic E-state index is 12.4. The number of carbonyl (C=O) groups excluding carboxylic acids is 1. The second-order valence-corrected chi connectivity index (χ2v) is 6.63. The van der Waals surface area contributed by atoms with Gasteiger partial charge in [0, 0.05) is 51.2 Å². The van der Waals surface area contributed by atoms with E-state index in [9.17, 15) is 4.79 Å². The summed E-state index contributed by atoms with van der Waals surface area (Å²) < 4.78 is 0. The van der Waals surface area contributed by atoms with E-state index in [1.807, 2.05) is 6.07 Å². The Bertz CT molecular complexity index is 654. The van der Waals surface area contributed by atoms with Crippen LogP contribution in [0.25, 0.3) is 0 Å². The number of pyridine rings is 1. The molecule has 1 aromatic heterocycles. The molecule has 1 atom stereocenters. The summed E-state index contributed by atoms with van der Waals surface area (Å²) in [6, 6.07) is 14.4. The molecule has 2 heterocycles. The van der Waals surface area contributed by atoms with Crippen molar-refractivity contribution in [2.24, 2.45) is 0 Å². The minimum absolute atomic E-state index is 0.0553. The zero-order valence-corrected chi connectivity index (χ0v) is 14.8. The van der Waals surface area contributed by atoms with E-state index >= 15 is 0 Å². The molecule has 1 aliphatic heterocycles. The molecular formula is C20H26N4O. The van der Waals surface area contributed by atoms with E-state index in [1.54, 1.807) is 24.5 Å². The van der Waals surface area contributed by atoms with E-state index in [0.717, 1.165) is 32.6 Å². The highest BCUT2D eigenvalue weighted by Gasteiger charge is 2.23. The van der Waals surface area contributed by atoms with E-state index in [-0.39, 0.29) is 5.91 Å². The highest BCUT2D eigenvalue weighted by atomic mass is 16.1. The Morgan fingerprint density at radius 2 is 1.88 bits per heavy atom. The lowest BCUT2D eigenvalue weighted by atomic mass is 10.0. The molecule has 1 fully saturated rings. The maximum absolute atomic E-state index is 12.4. The first-order chi connectivity index (χ1) is 12.2. The van der Waals surface area contributed by atoms with Gasteiger partial charge >= 0.3 is 0 Å². The van der Waals surface area contributed by atoms with Crippen molar-refractivity contribution in [1.82, 2.24) is 20.1 Å². The van der Waals surface area contributed by atoms with Gasteiger partial charge in [-0.3, -0.25) is 14.7 Å². The van der Waals surface area contributed by atoms with Crippen molar-refractivity contribution in [2.45, 2.75) is 12.5 Å². The molecule has 5 heteroatoms. The van der Waals surface area contributed by atoms with Crippen LogP contribution in [0.15, 0.2) is 54.9 Å². The number of nitrogens with one attached hydrogen (secondary N) is 1. The van der Waals surface area contributed by atoms with Crippen LogP contribution in [0.1, 0.15) is 15.9 Å². The predicted octanol–water partition coefficient (Wildman–Crippen LogP) is 1.67. The van der Waals surface area contributed by atoms with E-state index in [2.05, 4.69) is 51.4 Å². The van der Waals surface area contributed by atoms with E-state index in [4.69, 9.17) is 0 Å². The summed E-state index contributed by atoms with van der Waals surface area (Å²) >= 11 is 0. The highest BCUT2D eigenvalue weighted by molar-refractivity contribution is 5.93. The average molecular weight is 338 g/mol. The molecule has 1 aromatic carbocycles. The van der Waals surface area contributed by atoms with Crippen molar-refractivity contribution in [3.05, 3.63) is 66.0 Å². The van der Waals surface area contributed by atoms with Gasteiger partial charge in [0.1, 0.15) is 0 Å². The number of benzene rings is 1. The molecule has 1 unspecified atom stereocenters.